The Bertz CT molecular complexity index is 1590. The third-order valence-electron chi connectivity index (χ3n) is 7.13. The number of aryl methyl sites for hydroxylation is 1. The highest BCUT2D eigenvalue weighted by Gasteiger charge is 2.39. The van der Waals surface area contributed by atoms with Gasteiger partial charge in [0.05, 0.1) is 38.1 Å². The molecule has 0 fully saturated rings. The van der Waals surface area contributed by atoms with E-state index in [0.29, 0.717) is 22.7 Å². The van der Waals surface area contributed by atoms with Crippen molar-refractivity contribution in [3.05, 3.63) is 65.2 Å². The molecule has 2 amide bonds. The number of amides is 2. The Morgan fingerprint density at radius 3 is 2.33 bits per heavy atom. The Hall–Kier alpha value is -4.85. The van der Waals surface area contributed by atoms with Crippen LogP contribution in [0.3, 0.4) is 0 Å². The second-order valence-electron chi connectivity index (χ2n) is 10.2. The van der Waals surface area contributed by atoms with Crippen molar-refractivity contribution in [2.24, 2.45) is 0 Å². The number of hydrogen-bond acceptors (Lipinski definition) is 8. The number of anilines is 1. The molecule has 242 valence electrons. The van der Waals surface area contributed by atoms with Crippen molar-refractivity contribution in [2.45, 2.75) is 51.7 Å². The maximum atomic E-state index is 14.1. The van der Waals surface area contributed by atoms with Crippen molar-refractivity contribution in [2.75, 3.05) is 26.2 Å². The van der Waals surface area contributed by atoms with E-state index in [-0.39, 0.29) is 18.4 Å². The van der Waals surface area contributed by atoms with Gasteiger partial charge < -0.3 is 34.9 Å². The van der Waals surface area contributed by atoms with Crippen molar-refractivity contribution in [1.29, 1.82) is 0 Å². The fraction of sp³-hybridized carbons (Fsp3) is 0.355. The lowest BCUT2D eigenvalue weighted by Crippen LogP contribution is -2.56. The normalized spacial score (nSPS) is 16.7. The summed E-state index contributed by atoms with van der Waals surface area (Å²) in [7, 11) is 4.59. The van der Waals surface area contributed by atoms with E-state index >= 15 is 0 Å². The van der Waals surface area contributed by atoms with E-state index in [4.69, 9.17) is 24.1 Å². The molecule has 3 atom stereocenters. The zero-order valence-electron chi connectivity index (χ0n) is 25.4. The highest BCUT2D eigenvalue weighted by atomic mass is 19.4. The van der Waals surface area contributed by atoms with Gasteiger partial charge >= 0.3 is 18.1 Å². The molecule has 3 N–H and O–H groups in total. The Kier molecular flexibility index (Phi) is 11.0. The molecule has 14 heteroatoms. The number of likely N-dealkylation sites (N-methyl/N-ethyl adjacent to an activating group) is 1. The van der Waals surface area contributed by atoms with Gasteiger partial charge in [-0.1, -0.05) is 18.2 Å². The first-order chi connectivity index (χ1) is 21.1. The van der Waals surface area contributed by atoms with E-state index in [1.54, 1.807) is 45.0 Å². The number of rotatable bonds is 7. The molecule has 0 bridgehead atoms. The quantitative estimate of drug-likeness (QED) is 0.329. The van der Waals surface area contributed by atoms with E-state index in [1.165, 1.54) is 7.11 Å². The summed E-state index contributed by atoms with van der Waals surface area (Å²) in [5.74, 6) is -2.66. The van der Waals surface area contributed by atoms with Crippen LogP contribution in [0.15, 0.2) is 48.5 Å². The summed E-state index contributed by atoms with van der Waals surface area (Å²) >= 11 is 0. The second kappa shape index (κ2) is 14.3. The number of carbonyl (C=O) groups is 4. The number of carboxylic acids is 1. The third kappa shape index (κ3) is 8.01. The first-order valence-corrected chi connectivity index (χ1v) is 13.7. The average molecular weight is 634 g/mol. The number of hydrogen-bond donors (Lipinski definition) is 3. The molecule has 1 heterocycles. The fourth-order valence-corrected chi connectivity index (χ4v) is 4.58. The molecule has 0 saturated heterocycles. The lowest BCUT2D eigenvalue weighted by Gasteiger charge is -2.28. The average Bonchev–Trinajstić information content (AvgIpc) is 3.09. The number of aliphatic carboxylic acids is 1. The number of carbonyl (C=O) groups excluding carboxylic acids is 3. The van der Waals surface area contributed by atoms with Gasteiger partial charge in [0.1, 0.15) is 23.6 Å². The van der Waals surface area contributed by atoms with Crippen LogP contribution >= 0.6 is 0 Å². The van der Waals surface area contributed by atoms with Crippen molar-refractivity contribution in [3.63, 3.8) is 0 Å². The number of ether oxygens (including phenoxy) is 3. The molecule has 0 aliphatic carbocycles. The minimum absolute atomic E-state index is 0.150. The Morgan fingerprint density at radius 2 is 1.76 bits per heavy atom. The molecule has 0 aromatic heterocycles. The van der Waals surface area contributed by atoms with Crippen LogP contribution in [0.25, 0.3) is 10.8 Å². The number of alkyl halides is 3. The molecule has 3 aromatic carbocycles. The standard InChI is InChI=1S/C29H33N3O6.C2HF3O2/c1-16-7-11-23-25(13-16)38-18(3)26(31-27(33)17(2)30-4)28(34)32(23)15-22-21-10-8-20(29(35)37-6)14-19(21)9-12-24(22)36-5;3-2(4,5)1(6)7/h7-14,17-18,26,30H,15H2,1-6H3,(H,31,33);(H,6,7)/t17-,18-,26-;/m0./s1. The van der Waals surface area contributed by atoms with E-state index in [9.17, 15) is 27.6 Å². The van der Waals surface area contributed by atoms with E-state index in [0.717, 1.165) is 21.9 Å². The molecule has 45 heavy (non-hydrogen) atoms. The number of carboxylic acid groups (broad SMARTS) is 1. The zero-order chi connectivity index (χ0) is 33.6. The first-order valence-electron chi connectivity index (χ1n) is 13.7. The molecule has 0 saturated carbocycles. The van der Waals surface area contributed by atoms with Gasteiger partial charge in [0.2, 0.25) is 5.91 Å². The van der Waals surface area contributed by atoms with Gasteiger partial charge in [-0.15, -0.1) is 0 Å². The first kappa shape index (κ1) is 34.6. The summed E-state index contributed by atoms with van der Waals surface area (Å²) in [4.78, 5) is 49.5. The third-order valence-corrected chi connectivity index (χ3v) is 7.13. The maximum Gasteiger partial charge on any atom is 0.490 e. The maximum absolute atomic E-state index is 14.1. The molecular weight excluding hydrogens is 599 g/mol. The van der Waals surface area contributed by atoms with Gasteiger partial charge in [0.15, 0.2) is 0 Å². The van der Waals surface area contributed by atoms with Gasteiger partial charge in [0, 0.05) is 5.56 Å². The smallest absolute Gasteiger partial charge is 0.490 e. The number of fused-ring (bicyclic) bond motifs is 2. The lowest BCUT2D eigenvalue weighted by molar-refractivity contribution is -0.192. The van der Waals surface area contributed by atoms with Gasteiger partial charge in [-0.3, -0.25) is 9.59 Å². The molecule has 0 spiro atoms. The van der Waals surface area contributed by atoms with Crippen LogP contribution in [0.5, 0.6) is 11.5 Å². The van der Waals surface area contributed by atoms with Crippen molar-refractivity contribution in [1.82, 2.24) is 10.6 Å². The molecule has 0 radical (unpaired) electrons. The molecule has 4 rings (SSSR count). The van der Waals surface area contributed by atoms with Gasteiger partial charge in [-0.25, -0.2) is 9.59 Å². The molecule has 0 unspecified atom stereocenters. The minimum atomic E-state index is -5.08. The molecule has 1 aliphatic heterocycles. The highest BCUT2D eigenvalue weighted by Crippen LogP contribution is 2.38. The fourth-order valence-electron chi connectivity index (χ4n) is 4.58. The predicted molar refractivity (Wildman–Crippen MR) is 158 cm³/mol. The van der Waals surface area contributed by atoms with Crippen molar-refractivity contribution >= 4 is 40.2 Å². The predicted octanol–water partition coefficient (Wildman–Crippen LogP) is 3.98. The Balaban J connectivity index is 0.000000707. The monoisotopic (exact) mass is 633 g/mol. The SMILES string of the molecule is CN[C@@H](C)C(=O)N[C@@H]1C(=O)N(Cc2c(OC)ccc3cc(C(=O)OC)ccc23)c2ccc(C)cc2O[C@H]1C.O=C(O)C(F)(F)F. The van der Waals surface area contributed by atoms with Crippen LogP contribution in [0.2, 0.25) is 0 Å². The number of nitrogens with one attached hydrogen (secondary N) is 2. The molecule has 11 nitrogen and oxygen atoms in total. The number of methoxy groups -OCH3 is 2. The van der Waals surface area contributed by atoms with Crippen LogP contribution < -0.4 is 25.0 Å². The topological polar surface area (TPSA) is 144 Å². The molecular formula is C31H34F3N3O8. The number of benzene rings is 3. The summed E-state index contributed by atoms with van der Waals surface area (Å²) < 4.78 is 48.5. The van der Waals surface area contributed by atoms with Crippen LogP contribution in [0.1, 0.15) is 35.3 Å². The lowest BCUT2D eigenvalue weighted by atomic mass is 9.99. The summed E-state index contributed by atoms with van der Waals surface area (Å²) in [5, 5.41) is 14.5. The Morgan fingerprint density at radius 1 is 1.09 bits per heavy atom. The minimum Gasteiger partial charge on any atom is -0.496 e. The van der Waals surface area contributed by atoms with E-state index in [2.05, 4.69) is 10.6 Å². The van der Waals surface area contributed by atoms with Crippen LogP contribution in [-0.4, -0.2) is 74.5 Å². The van der Waals surface area contributed by atoms with Crippen LogP contribution in [0, 0.1) is 6.92 Å². The van der Waals surface area contributed by atoms with Gasteiger partial charge in [-0.05, 0) is 74.5 Å². The second-order valence-corrected chi connectivity index (χ2v) is 10.2. The Labute approximate surface area is 257 Å². The van der Waals surface area contributed by atoms with Crippen molar-refractivity contribution in [3.8, 4) is 11.5 Å². The zero-order valence-corrected chi connectivity index (χ0v) is 25.4. The van der Waals surface area contributed by atoms with Crippen LogP contribution in [-0.2, 0) is 25.7 Å². The summed E-state index contributed by atoms with van der Waals surface area (Å²) in [6.07, 6.45) is -5.70. The largest absolute Gasteiger partial charge is 0.496 e. The summed E-state index contributed by atoms with van der Waals surface area (Å²) in [6, 6.07) is 13.2. The molecule has 3 aromatic rings. The highest BCUT2D eigenvalue weighted by molar-refractivity contribution is 6.03. The van der Waals surface area contributed by atoms with Gasteiger partial charge in [0.25, 0.3) is 5.91 Å². The van der Waals surface area contributed by atoms with Gasteiger partial charge in [-0.2, -0.15) is 13.2 Å². The van der Waals surface area contributed by atoms with E-state index < -0.39 is 36.3 Å². The molecule has 1 aliphatic rings. The van der Waals surface area contributed by atoms with Crippen molar-refractivity contribution < 1.29 is 51.7 Å². The van der Waals surface area contributed by atoms with E-state index in [1.807, 2.05) is 43.3 Å². The number of nitrogens with zero attached hydrogens (tertiary/aromatic N) is 1. The van der Waals surface area contributed by atoms with Crippen LogP contribution in [0.4, 0.5) is 18.9 Å². The number of esters is 1. The summed E-state index contributed by atoms with van der Waals surface area (Å²) in [6.45, 7) is 5.60. The number of halogens is 3. The summed E-state index contributed by atoms with van der Waals surface area (Å²) in [5.41, 5.74) is 2.75.